The maximum absolute atomic E-state index is 12.9. The van der Waals surface area contributed by atoms with Gasteiger partial charge in [-0.1, -0.05) is 42.5 Å². The number of hydrogen-bond acceptors (Lipinski definition) is 6. The van der Waals surface area contributed by atoms with Crippen molar-refractivity contribution in [2.45, 2.75) is 18.0 Å². The zero-order chi connectivity index (χ0) is 21.4. The maximum atomic E-state index is 12.9. The van der Waals surface area contributed by atoms with E-state index in [0.717, 1.165) is 18.2 Å². The number of alkyl halides is 3. The van der Waals surface area contributed by atoms with Crippen LogP contribution in [0.1, 0.15) is 24.1 Å². The van der Waals surface area contributed by atoms with Crippen LogP contribution < -0.4 is 5.73 Å². The van der Waals surface area contributed by atoms with Gasteiger partial charge in [0, 0.05) is 5.56 Å². The summed E-state index contributed by atoms with van der Waals surface area (Å²) in [6, 6.07) is 11.3. The number of carbonyl (C=O) groups excluding carboxylic acids is 1. The van der Waals surface area contributed by atoms with Crippen molar-refractivity contribution >= 4 is 15.9 Å². The minimum atomic E-state index is -4.72. The number of Topliss-reactive ketones (excluding diaryl/α,β-unsaturated/α-hetero) is 1. The largest absolute Gasteiger partial charge is 0.460 e. The van der Waals surface area contributed by atoms with Crippen LogP contribution in [0.3, 0.4) is 0 Å². The Hall–Kier alpha value is -3.01. The molecule has 0 bridgehead atoms. The summed E-state index contributed by atoms with van der Waals surface area (Å²) in [7, 11) is -4.35. The molecule has 1 aliphatic rings. The Balaban J connectivity index is 1.87. The molecule has 2 aromatic carbocycles. The van der Waals surface area contributed by atoms with Crippen LogP contribution in [0.25, 0.3) is 0 Å². The third-order valence-corrected chi connectivity index (χ3v) is 4.80. The molecule has 28 heavy (non-hydrogen) atoms. The van der Waals surface area contributed by atoms with Crippen LogP contribution in [-0.4, -0.2) is 14.2 Å². The Labute approximate surface area is 159 Å². The van der Waals surface area contributed by atoms with Crippen LogP contribution in [0, 0.1) is 0 Å². The van der Waals surface area contributed by atoms with Gasteiger partial charge < -0.3 is 14.7 Å². The van der Waals surface area contributed by atoms with E-state index in [1.165, 1.54) is 12.1 Å². The lowest BCUT2D eigenvalue weighted by Crippen LogP contribution is -2.16. The van der Waals surface area contributed by atoms with Crippen molar-refractivity contribution in [1.82, 2.24) is 0 Å². The first-order valence-electron chi connectivity index (χ1n) is 8.30. The van der Waals surface area contributed by atoms with Gasteiger partial charge in [-0.25, -0.2) is 0 Å². The second-order valence-electron chi connectivity index (χ2n) is 5.80. The molecular weight excluding hydrogens is 399 g/mol. The summed E-state index contributed by atoms with van der Waals surface area (Å²) in [5.74, 6) is -3.68. The van der Waals surface area contributed by atoms with Crippen LogP contribution in [-0.2, 0) is 35.8 Å². The van der Waals surface area contributed by atoms with Crippen LogP contribution in [0.4, 0.5) is 13.2 Å². The zero-order valence-corrected chi connectivity index (χ0v) is 14.9. The minimum absolute atomic E-state index is 0.369. The van der Waals surface area contributed by atoms with Crippen LogP contribution in [0.15, 0.2) is 66.2 Å². The van der Waals surface area contributed by atoms with Gasteiger partial charge in [0.1, 0.15) is 5.75 Å². The molecule has 0 aliphatic carbocycles. The highest BCUT2D eigenvalue weighted by Gasteiger charge is 2.40. The van der Waals surface area contributed by atoms with E-state index in [-0.39, 0.29) is 0 Å². The molecule has 10 heteroatoms. The molecule has 3 rings (SSSR count). The molecule has 0 fully saturated rings. The first kappa shape index (κ1) is 18.4. The Morgan fingerprint density at radius 2 is 1.82 bits per heavy atom. The Kier molecular flexibility index (Phi) is 4.71. The Morgan fingerprint density at radius 3 is 2.46 bits per heavy atom. The maximum Gasteiger partial charge on any atom is 0.416 e. The molecule has 0 unspecified atom stereocenters. The van der Waals surface area contributed by atoms with E-state index in [0.29, 0.717) is 11.6 Å². The van der Waals surface area contributed by atoms with Crippen molar-refractivity contribution in [1.29, 1.82) is 0 Å². The van der Waals surface area contributed by atoms with Gasteiger partial charge >= 0.3 is 16.3 Å². The standard InChI is InChI=1S/C18H14F3NO5S/c19-18(20,21)13-8-4-7-12(9-13)15-14(23)16(17(22)26-15)27-28(24,25)10-11-5-2-1-3-6-11/h1-9,15H,10,22H2/t15-/m0/s1/i15D. The first-order chi connectivity index (χ1) is 13.4. The lowest BCUT2D eigenvalue weighted by atomic mass is 10.0. The van der Waals surface area contributed by atoms with Crippen LogP contribution in [0.2, 0.25) is 0 Å². The monoisotopic (exact) mass is 414 g/mol. The van der Waals surface area contributed by atoms with Gasteiger partial charge in [0.05, 0.1) is 6.93 Å². The second kappa shape index (κ2) is 7.19. The van der Waals surface area contributed by atoms with Crippen molar-refractivity contribution in [3.05, 3.63) is 82.9 Å². The summed E-state index contributed by atoms with van der Waals surface area (Å²) < 4.78 is 81.2. The van der Waals surface area contributed by atoms with Gasteiger partial charge in [-0.3, -0.25) is 4.79 Å². The predicted octanol–water partition coefficient (Wildman–Crippen LogP) is 3.02. The van der Waals surface area contributed by atoms with Gasteiger partial charge in [0.2, 0.25) is 17.4 Å². The third-order valence-electron chi connectivity index (χ3n) is 3.70. The normalized spacial score (nSPS) is 20.7. The predicted molar refractivity (Wildman–Crippen MR) is 91.6 cm³/mol. The molecule has 0 saturated heterocycles. The van der Waals surface area contributed by atoms with E-state index < -0.39 is 56.7 Å². The number of halogens is 3. The van der Waals surface area contributed by atoms with E-state index >= 15 is 0 Å². The Morgan fingerprint density at radius 1 is 1.14 bits per heavy atom. The summed E-state index contributed by atoms with van der Waals surface area (Å²) in [6.07, 6.45) is -7.42. The highest BCUT2D eigenvalue weighted by Crippen LogP contribution is 2.36. The average Bonchev–Trinajstić information content (AvgIpc) is 2.85. The second-order valence-corrected chi connectivity index (χ2v) is 7.37. The van der Waals surface area contributed by atoms with E-state index in [4.69, 9.17) is 16.0 Å². The Bertz CT molecular complexity index is 1090. The van der Waals surface area contributed by atoms with Gasteiger partial charge in [0.15, 0.2) is 6.08 Å². The molecule has 1 atom stereocenters. The van der Waals surface area contributed by atoms with E-state index in [1.807, 2.05) is 0 Å². The molecule has 6 nitrogen and oxygen atoms in total. The number of carbonyl (C=O) groups is 1. The van der Waals surface area contributed by atoms with Crippen molar-refractivity contribution in [2.24, 2.45) is 5.73 Å². The quantitative estimate of drug-likeness (QED) is 0.756. The molecule has 2 N–H and O–H groups in total. The molecule has 1 aliphatic heterocycles. The third kappa shape index (κ3) is 4.28. The van der Waals surface area contributed by atoms with Crippen LogP contribution >= 0.6 is 0 Å². The number of rotatable bonds is 5. The number of benzene rings is 2. The lowest BCUT2D eigenvalue weighted by Gasteiger charge is -2.13. The summed E-state index contributed by atoms with van der Waals surface area (Å²) in [5.41, 5.74) is 4.30. The fraction of sp³-hybridized carbons (Fsp3) is 0.167. The molecule has 148 valence electrons. The zero-order valence-electron chi connectivity index (χ0n) is 15.1. The minimum Gasteiger partial charge on any atom is -0.460 e. The fourth-order valence-electron chi connectivity index (χ4n) is 2.46. The molecule has 2 aromatic rings. The number of hydrogen-bond donors (Lipinski definition) is 1. The van der Waals surface area contributed by atoms with E-state index in [2.05, 4.69) is 0 Å². The summed E-state index contributed by atoms with van der Waals surface area (Å²) in [6.45, 7) is 0. The molecule has 0 amide bonds. The van der Waals surface area contributed by atoms with Crippen molar-refractivity contribution in [2.75, 3.05) is 0 Å². The van der Waals surface area contributed by atoms with E-state index in [1.54, 1.807) is 18.2 Å². The number of nitrogens with two attached hydrogens (primary N) is 1. The number of ketones is 1. The molecule has 0 aromatic heterocycles. The summed E-state index contributed by atoms with van der Waals surface area (Å²) in [4.78, 5) is 12.6. The lowest BCUT2D eigenvalue weighted by molar-refractivity contribution is -0.137. The van der Waals surface area contributed by atoms with Crippen molar-refractivity contribution in [3.8, 4) is 0 Å². The highest BCUT2D eigenvalue weighted by atomic mass is 32.2. The van der Waals surface area contributed by atoms with Crippen LogP contribution in [0.5, 0.6) is 0 Å². The topological polar surface area (TPSA) is 95.7 Å². The molecule has 0 spiro atoms. The molecule has 1 heterocycles. The van der Waals surface area contributed by atoms with Gasteiger partial charge in [-0.15, -0.1) is 0 Å². The molecular formula is C18H14F3NO5S. The van der Waals surface area contributed by atoms with Gasteiger partial charge in [-0.2, -0.15) is 21.6 Å². The fourth-order valence-corrected chi connectivity index (χ4v) is 3.53. The summed E-state index contributed by atoms with van der Waals surface area (Å²) >= 11 is 0. The molecule has 0 saturated carbocycles. The SMILES string of the molecule is [2H][C@@]1(c2cccc(C(F)(F)F)c2)OC(N)=C(OS(=O)(=O)Cc2ccccc2)C1=O. The molecule has 0 radical (unpaired) electrons. The van der Waals surface area contributed by atoms with Gasteiger partial charge in [-0.05, 0) is 17.7 Å². The van der Waals surface area contributed by atoms with Gasteiger partial charge in [0.25, 0.3) is 0 Å². The van der Waals surface area contributed by atoms with E-state index in [9.17, 15) is 26.4 Å². The smallest absolute Gasteiger partial charge is 0.416 e. The average molecular weight is 414 g/mol. The number of ether oxygens (including phenoxy) is 1. The highest BCUT2D eigenvalue weighted by molar-refractivity contribution is 7.86. The van der Waals surface area contributed by atoms with Crippen molar-refractivity contribution in [3.63, 3.8) is 0 Å². The summed E-state index contributed by atoms with van der Waals surface area (Å²) in [5, 5.41) is 0. The first-order valence-corrected chi connectivity index (χ1v) is 9.37. The van der Waals surface area contributed by atoms with Crippen molar-refractivity contribution < 1.29 is 36.7 Å².